The van der Waals surface area contributed by atoms with Crippen molar-refractivity contribution < 1.29 is 14.6 Å². The van der Waals surface area contributed by atoms with Crippen molar-refractivity contribution in [2.75, 3.05) is 19.8 Å². The lowest BCUT2D eigenvalue weighted by Crippen LogP contribution is -2.54. The lowest BCUT2D eigenvalue weighted by atomic mass is 9.91. The topological polar surface area (TPSA) is 71.5 Å². The van der Waals surface area contributed by atoms with Crippen LogP contribution in [0.2, 0.25) is 0 Å². The van der Waals surface area contributed by atoms with Crippen molar-refractivity contribution in [1.29, 1.82) is 0 Å². The summed E-state index contributed by atoms with van der Waals surface area (Å²) in [5, 5.41) is 12.3. The molecule has 2 N–H and O–H groups in total. The SMILES string of the molecule is O=C(NC1(CO)CCOCC1)c1cncs1. The number of hydrogen-bond acceptors (Lipinski definition) is 5. The Hall–Kier alpha value is -0.980. The number of aromatic nitrogens is 1. The summed E-state index contributed by atoms with van der Waals surface area (Å²) >= 11 is 1.29. The van der Waals surface area contributed by atoms with Gasteiger partial charge in [0.2, 0.25) is 0 Å². The van der Waals surface area contributed by atoms with Gasteiger partial charge in [0, 0.05) is 13.2 Å². The molecule has 2 heterocycles. The second kappa shape index (κ2) is 4.90. The molecular formula is C10H14N2O3S. The van der Waals surface area contributed by atoms with Crippen molar-refractivity contribution in [2.24, 2.45) is 0 Å². The molecule has 0 aliphatic carbocycles. The minimum absolute atomic E-state index is 0.0547. The van der Waals surface area contributed by atoms with E-state index in [0.717, 1.165) is 0 Å². The van der Waals surface area contributed by atoms with Gasteiger partial charge in [-0.2, -0.15) is 0 Å². The summed E-state index contributed by atoms with van der Waals surface area (Å²) in [5.41, 5.74) is 1.09. The molecule has 5 nitrogen and oxygen atoms in total. The van der Waals surface area contributed by atoms with Gasteiger partial charge in [0.1, 0.15) is 4.88 Å². The van der Waals surface area contributed by atoms with Gasteiger partial charge in [-0.05, 0) is 12.8 Å². The van der Waals surface area contributed by atoms with E-state index >= 15 is 0 Å². The van der Waals surface area contributed by atoms with Crippen LogP contribution in [-0.2, 0) is 4.74 Å². The second-order valence-electron chi connectivity index (χ2n) is 3.87. The van der Waals surface area contributed by atoms with Gasteiger partial charge in [0.05, 0.1) is 23.9 Å². The first-order valence-corrected chi connectivity index (χ1v) is 6.03. The zero-order chi connectivity index (χ0) is 11.4. The normalized spacial score (nSPS) is 19.3. The van der Waals surface area contributed by atoms with Crippen LogP contribution in [0.5, 0.6) is 0 Å². The zero-order valence-electron chi connectivity index (χ0n) is 8.81. The van der Waals surface area contributed by atoms with Crippen molar-refractivity contribution in [3.05, 3.63) is 16.6 Å². The van der Waals surface area contributed by atoms with Gasteiger partial charge in [0.25, 0.3) is 5.91 Å². The smallest absolute Gasteiger partial charge is 0.263 e. The summed E-state index contributed by atoms with van der Waals surface area (Å²) < 4.78 is 5.23. The van der Waals surface area contributed by atoms with Crippen molar-refractivity contribution in [1.82, 2.24) is 10.3 Å². The van der Waals surface area contributed by atoms with E-state index < -0.39 is 5.54 Å². The van der Waals surface area contributed by atoms with Crippen LogP contribution in [0.15, 0.2) is 11.7 Å². The Labute approximate surface area is 97.5 Å². The second-order valence-corrected chi connectivity index (χ2v) is 4.76. The van der Waals surface area contributed by atoms with Crippen LogP contribution < -0.4 is 5.32 Å². The molecule has 1 aromatic heterocycles. The Kier molecular flexibility index (Phi) is 3.52. The van der Waals surface area contributed by atoms with Crippen molar-refractivity contribution >= 4 is 17.2 Å². The Morgan fingerprint density at radius 2 is 2.38 bits per heavy atom. The molecule has 1 aliphatic rings. The van der Waals surface area contributed by atoms with Crippen molar-refractivity contribution in [2.45, 2.75) is 18.4 Å². The molecule has 6 heteroatoms. The summed E-state index contributed by atoms with van der Waals surface area (Å²) in [6.07, 6.45) is 2.83. The number of thiazole rings is 1. The first-order valence-electron chi connectivity index (χ1n) is 5.15. The van der Waals surface area contributed by atoms with Gasteiger partial charge in [0.15, 0.2) is 0 Å². The number of hydrogen-bond donors (Lipinski definition) is 2. The summed E-state index contributed by atoms with van der Waals surface area (Å²) in [7, 11) is 0. The largest absolute Gasteiger partial charge is 0.394 e. The number of aliphatic hydroxyl groups excluding tert-OH is 1. The maximum atomic E-state index is 11.8. The molecule has 0 radical (unpaired) electrons. The van der Waals surface area contributed by atoms with Crippen LogP contribution >= 0.6 is 11.3 Å². The van der Waals surface area contributed by atoms with Crippen LogP contribution in [0.25, 0.3) is 0 Å². The molecule has 1 fully saturated rings. The van der Waals surface area contributed by atoms with Crippen LogP contribution in [0.4, 0.5) is 0 Å². The fraction of sp³-hybridized carbons (Fsp3) is 0.600. The van der Waals surface area contributed by atoms with Gasteiger partial charge in [-0.15, -0.1) is 11.3 Å². The van der Waals surface area contributed by atoms with E-state index in [2.05, 4.69) is 10.3 Å². The quantitative estimate of drug-likeness (QED) is 0.805. The van der Waals surface area contributed by atoms with E-state index in [1.54, 1.807) is 5.51 Å². The highest BCUT2D eigenvalue weighted by atomic mass is 32.1. The third-order valence-corrected chi connectivity index (χ3v) is 3.56. The highest BCUT2D eigenvalue weighted by Gasteiger charge is 2.33. The predicted octanol–water partition coefficient (Wildman–Crippen LogP) is 0.414. The summed E-state index contributed by atoms with van der Waals surface area (Å²) in [6, 6.07) is 0. The number of carbonyl (C=O) groups excluding carboxylic acids is 1. The molecule has 2 rings (SSSR count). The molecule has 0 bridgehead atoms. The molecule has 88 valence electrons. The summed E-state index contributed by atoms with van der Waals surface area (Å²) in [6.45, 7) is 1.09. The highest BCUT2D eigenvalue weighted by Crippen LogP contribution is 2.21. The fourth-order valence-electron chi connectivity index (χ4n) is 1.72. The Morgan fingerprint density at radius 1 is 1.62 bits per heavy atom. The van der Waals surface area contributed by atoms with E-state index in [-0.39, 0.29) is 12.5 Å². The number of carbonyl (C=O) groups is 1. The molecule has 0 saturated carbocycles. The van der Waals surface area contributed by atoms with Crippen LogP contribution in [-0.4, -0.2) is 41.4 Å². The number of ether oxygens (including phenoxy) is 1. The highest BCUT2D eigenvalue weighted by molar-refractivity contribution is 7.11. The molecular weight excluding hydrogens is 228 g/mol. The average molecular weight is 242 g/mol. The third-order valence-electron chi connectivity index (χ3n) is 2.79. The first kappa shape index (κ1) is 11.5. The molecule has 16 heavy (non-hydrogen) atoms. The number of nitrogens with one attached hydrogen (secondary N) is 1. The Bertz CT molecular complexity index is 347. The van der Waals surface area contributed by atoms with Gasteiger partial charge < -0.3 is 15.2 Å². The number of amides is 1. The molecule has 1 saturated heterocycles. The van der Waals surface area contributed by atoms with Gasteiger partial charge >= 0.3 is 0 Å². The molecule has 0 atom stereocenters. The summed E-state index contributed by atoms with van der Waals surface area (Å²) in [4.78, 5) is 16.3. The van der Waals surface area contributed by atoms with Crippen LogP contribution in [0, 0.1) is 0 Å². The zero-order valence-corrected chi connectivity index (χ0v) is 9.63. The van der Waals surface area contributed by atoms with E-state index in [1.165, 1.54) is 17.5 Å². The number of rotatable bonds is 3. The lowest BCUT2D eigenvalue weighted by molar-refractivity contribution is 0.0126. The van der Waals surface area contributed by atoms with Gasteiger partial charge in [-0.1, -0.05) is 0 Å². The molecule has 0 spiro atoms. The Morgan fingerprint density at radius 3 is 2.94 bits per heavy atom. The van der Waals surface area contributed by atoms with E-state index in [1.807, 2.05) is 0 Å². The molecule has 0 unspecified atom stereocenters. The minimum Gasteiger partial charge on any atom is -0.394 e. The minimum atomic E-state index is -0.528. The Balaban J connectivity index is 2.03. The molecule has 1 aliphatic heterocycles. The van der Waals surface area contributed by atoms with E-state index in [4.69, 9.17) is 4.74 Å². The maximum absolute atomic E-state index is 11.8. The van der Waals surface area contributed by atoms with Gasteiger partial charge in [-0.3, -0.25) is 9.78 Å². The summed E-state index contributed by atoms with van der Waals surface area (Å²) in [5.74, 6) is -0.168. The van der Waals surface area contributed by atoms with Crippen LogP contribution in [0.1, 0.15) is 22.5 Å². The van der Waals surface area contributed by atoms with Gasteiger partial charge in [-0.25, -0.2) is 0 Å². The fourth-order valence-corrected chi connectivity index (χ4v) is 2.23. The monoisotopic (exact) mass is 242 g/mol. The van der Waals surface area contributed by atoms with Crippen molar-refractivity contribution in [3.63, 3.8) is 0 Å². The molecule has 1 amide bonds. The number of nitrogens with zero attached hydrogens (tertiary/aromatic N) is 1. The lowest BCUT2D eigenvalue weighted by Gasteiger charge is -2.36. The maximum Gasteiger partial charge on any atom is 0.263 e. The van der Waals surface area contributed by atoms with E-state index in [9.17, 15) is 9.90 Å². The van der Waals surface area contributed by atoms with Crippen LogP contribution in [0.3, 0.4) is 0 Å². The number of aliphatic hydroxyl groups is 1. The van der Waals surface area contributed by atoms with E-state index in [0.29, 0.717) is 30.9 Å². The van der Waals surface area contributed by atoms with Crippen molar-refractivity contribution in [3.8, 4) is 0 Å². The molecule has 0 aromatic carbocycles. The third kappa shape index (κ3) is 2.40. The molecule has 1 aromatic rings. The predicted molar refractivity (Wildman–Crippen MR) is 59.5 cm³/mol. The average Bonchev–Trinajstić information content (AvgIpc) is 2.84. The standard InChI is InChI=1S/C10H14N2O3S/c13-6-10(1-3-15-4-2-10)12-9(14)8-5-11-7-16-8/h5,7,13H,1-4,6H2,(H,12,14). The first-order chi connectivity index (χ1) is 7.76.